The summed E-state index contributed by atoms with van der Waals surface area (Å²) in [5.41, 5.74) is 7.18. The molecule has 3 fully saturated rings. The van der Waals surface area contributed by atoms with Gasteiger partial charge in [0.2, 0.25) is 11.8 Å². The van der Waals surface area contributed by atoms with Gasteiger partial charge < -0.3 is 19.8 Å². The predicted octanol–water partition coefficient (Wildman–Crippen LogP) is 9.40. The second kappa shape index (κ2) is 14.6. The number of aromatic nitrogens is 4. The van der Waals surface area contributed by atoms with E-state index in [1.165, 1.54) is 5.57 Å². The zero-order valence-electron chi connectivity index (χ0n) is 30.5. The van der Waals surface area contributed by atoms with Crippen LogP contribution in [0.3, 0.4) is 0 Å². The number of imidazole rings is 2. The van der Waals surface area contributed by atoms with Crippen LogP contribution in [-0.4, -0.2) is 60.8 Å². The number of H-pyrrole nitrogens is 2. The first-order chi connectivity index (χ1) is 24.5. The van der Waals surface area contributed by atoms with Crippen LogP contribution in [-0.2, 0) is 9.59 Å². The van der Waals surface area contributed by atoms with E-state index >= 15 is 0 Å². The first kappa shape index (κ1) is 34.9. The summed E-state index contributed by atoms with van der Waals surface area (Å²) >= 11 is 0. The number of nitrogens with one attached hydrogen (secondary N) is 2. The van der Waals surface area contributed by atoms with Gasteiger partial charge in [-0.25, -0.2) is 14.4 Å². The maximum absolute atomic E-state index is 14.6. The van der Waals surface area contributed by atoms with Crippen molar-refractivity contribution in [2.75, 3.05) is 13.1 Å². The number of fused-ring (bicyclic) bond motifs is 3. The third kappa shape index (κ3) is 7.30. The Kier molecular flexibility index (Phi) is 9.99. The molecule has 1 aliphatic carbocycles. The Morgan fingerprint density at radius 3 is 2.43 bits per heavy atom. The number of hydrogen-bond donors (Lipinski definition) is 2. The van der Waals surface area contributed by atoms with Crippen LogP contribution < -0.4 is 0 Å². The highest BCUT2D eigenvalue weighted by molar-refractivity contribution is 6.05. The zero-order chi connectivity index (χ0) is 35.8. The summed E-state index contributed by atoms with van der Waals surface area (Å²) in [4.78, 5) is 46.4. The van der Waals surface area contributed by atoms with E-state index in [4.69, 9.17) is 9.97 Å². The number of aromatic amines is 2. The maximum Gasteiger partial charge on any atom is 0.223 e. The minimum Gasteiger partial charge on any atom is -0.340 e. The summed E-state index contributed by atoms with van der Waals surface area (Å²) in [6, 6.07) is 10.2. The van der Waals surface area contributed by atoms with Gasteiger partial charge in [-0.15, -0.1) is 0 Å². The summed E-state index contributed by atoms with van der Waals surface area (Å²) in [5.74, 6) is 2.24. The van der Waals surface area contributed by atoms with E-state index in [9.17, 15) is 14.0 Å². The highest BCUT2D eigenvalue weighted by Gasteiger charge is 2.38. The molecule has 0 spiro atoms. The van der Waals surface area contributed by atoms with Gasteiger partial charge >= 0.3 is 0 Å². The van der Waals surface area contributed by atoms with Gasteiger partial charge in [0.1, 0.15) is 17.8 Å². The number of likely N-dealkylation sites (tertiary alicyclic amines) is 2. The Morgan fingerprint density at radius 2 is 1.69 bits per heavy atom. The topological polar surface area (TPSA) is 98.0 Å². The lowest BCUT2D eigenvalue weighted by Crippen LogP contribution is -2.32. The molecule has 0 radical (unpaired) electrons. The average Bonchev–Trinajstić information content (AvgIpc) is 3.93. The smallest absolute Gasteiger partial charge is 0.223 e. The lowest BCUT2D eigenvalue weighted by Gasteiger charge is -2.24. The van der Waals surface area contributed by atoms with Crippen LogP contribution in [0, 0.1) is 11.8 Å². The van der Waals surface area contributed by atoms with E-state index in [1.807, 2.05) is 24.9 Å². The van der Waals surface area contributed by atoms with Crippen LogP contribution in [0.25, 0.3) is 33.0 Å². The number of hydrogen-bond acceptors (Lipinski definition) is 4. The predicted molar refractivity (Wildman–Crippen MR) is 202 cm³/mol. The molecule has 3 aliphatic rings. The number of carbonyl (C=O) groups is 2. The minimum atomic E-state index is -1.05. The fourth-order valence-electron chi connectivity index (χ4n) is 8.17. The second-order valence-electron chi connectivity index (χ2n) is 15.6. The highest BCUT2D eigenvalue weighted by atomic mass is 19.1. The number of carbonyl (C=O) groups excluding carboxylic acids is 2. The van der Waals surface area contributed by atoms with Crippen molar-refractivity contribution < 1.29 is 14.0 Å². The van der Waals surface area contributed by atoms with Gasteiger partial charge in [0, 0.05) is 31.2 Å². The molecule has 51 heavy (non-hydrogen) atoms. The number of amides is 2. The molecule has 268 valence electrons. The van der Waals surface area contributed by atoms with Crippen molar-refractivity contribution in [2.24, 2.45) is 11.8 Å². The number of halogens is 1. The summed E-state index contributed by atoms with van der Waals surface area (Å²) in [6.45, 7) is 13.5. The highest BCUT2D eigenvalue weighted by Crippen LogP contribution is 2.38. The Bertz CT molecular complexity index is 2010. The summed E-state index contributed by atoms with van der Waals surface area (Å²) < 4.78 is 14.6. The fourth-order valence-corrected chi connectivity index (χ4v) is 8.17. The Morgan fingerprint density at radius 1 is 0.941 bits per heavy atom. The van der Waals surface area contributed by atoms with Crippen LogP contribution >= 0.6 is 0 Å². The van der Waals surface area contributed by atoms with Crippen molar-refractivity contribution in [3.63, 3.8) is 0 Å². The molecule has 0 bridgehead atoms. The number of rotatable bonds is 10. The lowest BCUT2D eigenvalue weighted by molar-refractivity contribution is -0.134. The van der Waals surface area contributed by atoms with Crippen molar-refractivity contribution in [3.8, 4) is 0 Å². The van der Waals surface area contributed by atoms with Crippen LogP contribution in [0.4, 0.5) is 4.39 Å². The van der Waals surface area contributed by atoms with E-state index in [0.29, 0.717) is 24.6 Å². The Hall–Kier alpha value is -4.53. The van der Waals surface area contributed by atoms with Crippen LogP contribution in [0.5, 0.6) is 0 Å². The average molecular weight is 691 g/mol. The van der Waals surface area contributed by atoms with Gasteiger partial charge in [0.15, 0.2) is 0 Å². The molecular formula is C42H51FN6O2. The Balaban J connectivity index is 1.12. The van der Waals surface area contributed by atoms with Crippen molar-refractivity contribution in [1.29, 1.82) is 0 Å². The van der Waals surface area contributed by atoms with Crippen LogP contribution in [0.15, 0.2) is 60.8 Å². The third-order valence-corrected chi connectivity index (χ3v) is 10.7. The van der Waals surface area contributed by atoms with Crippen molar-refractivity contribution in [2.45, 2.75) is 104 Å². The van der Waals surface area contributed by atoms with Crippen molar-refractivity contribution >= 4 is 44.8 Å². The summed E-state index contributed by atoms with van der Waals surface area (Å²) in [5, 5.41) is 2.15. The van der Waals surface area contributed by atoms with Gasteiger partial charge in [-0.2, -0.15) is 0 Å². The lowest BCUT2D eigenvalue weighted by atomic mass is 9.99. The maximum atomic E-state index is 14.6. The SMILES string of the molecule is C=C(/C=C\C(=C1CCCC1)c1cnc([C@@H]2C[C@H](F)CN2C(=O)CC(C)C)[nH]1)c1ccc2c(ccc3[nH]c([C@@H]4CCCN4C(=O)CC(C)C)nc32)c1. The molecule has 4 aromatic rings. The van der Waals surface area contributed by atoms with Crippen molar-refractivity contribution in [3.05, 3.63) is 83.7 Å². The van der Waals surface area contributed by atoms with E-state index in [0.717, 1.165) is 95.1 Å². The standard InChI is InChI=1S/C42H51FN6O2/c1-25(2)19-38(50)48-18-8-11-36(48)42-45-34-17-14-30-21-29(13-16-33(30)40(34)47-42)27(5)12-15-32(28-9-6-7-10-28)35-23-44-41(46-35)37-22-31(43)24-49(37)39(51)20-26(3)4/h12-17,21,23,25-26,31,36-37H,5-11,18-20,22,24H2,1-4H3,(H,44,46)(H,45,47)/b15-12-/t31-,36-,37-/m0/s1. The number of nitrogens with zero attached hydrogens (tertiary/aromatic N) is 4. The van der Waals surface area contributed by atoms with Gasteiger partial charge in [-0.1, -0.05) is 70.2 Å². The monoisotopic (exact) mass is 690 g/mol. The molecule has 8 nitrogen and oxygen atoms in total. The molecule has 1 saturated carbocycles. The number of benzene rings is 2. The molecule has 2 saturated heterocycles. The van der Waals surface area contributed by atoms with Gasteiger partial charge in [0.05, 0.1) is 41.6 Å². The van der Waals surface area contributed by atoms with E-state index in [-0.39, 0.29) is 42.8 Å². The Labute approximate surface area is 300 Å². The molecule has 2 aromatic heterocycles. The summed E-state index contributed by atoms with van der Waals surface area (Å²) in [7, 11) is 0. The molecular weight excluding hydrogens is 640 g/mol. The van der Waals surface area contributed by atoms with Crippen LogP contribution in [0.1, 0.15) is 120 Å². The molecule has 4 heterocycles. The summed E-state index contributed by atoms with van der Waals surface area (Å²) in [6.07, 6.45) is 12.5. The number of allylic oxidation sites excluding steroid dienone is 5. The largest absolute Gasteiger partial charge is 0.340 e. The minimum absolute atomic E-state index is 0.0119. The molecule has 7 rings (SSSR count). The number of alkyl halides is 1. The van der Waals surface area contributed by atoms with Gasteiger partial charge in [-0.05, 0) is 84.6 Å². The molecule has 0 unspecified atom stereocenters. The molecule has 2 amide bonds. The van der Waals surface area contributed by atoms with E-state index in [1.54, 1.807) is 4.90 Å². The first-order valence-electron chi connectivity index (χ1n) is 18.9. The molecule has 3 atom stereocenters. The van der Waals surface area contributed by atoms with Gasteiger partial charge in [0.25, 0.3) is 0 Å². The quantitative estimate of drug-likeness (QED) is 0.162. The second-order valence-corrected chi connectivity index (χ2v) is 15.6. The molecule has 2 aromatic carbocycles. The fraction of sp³-hybridized carbons (Fsp3) is 0.476. The third-order valence-electron chi connectivity index (χ3n) is 10.7. The molecule has 2 N–H and O–H groups in total. The zero-order valence-corrected chi connectivity index (χ0v) is 30.5. The van der Waals surface area contributed by atoms with Crippen molar-refractivity contribution in [1.82, 2.24) is 29.7 Å². The molecule has 9 heteroatoms. The first-order valence-corrected chi connectivity index (χ1v) is 18.9. The van der Waals surface area contributed by atoms with Gasteiger partial charge in [-0.3, -0.25) is 9.59 Å². The van der Waals surface area contributed by atoms with E-state index < -0.39 is 6.17 Å². The molecule has 2 aliphatic heterocycles. The normalized spacial score (nSPS) is 21.1. The van der Waals surface area contributed by atoms with Crippen LogP contribution in [0.2, 0.25) is 0 Å². The van der Waals surface area contributed by atoms with E-state index in [2.05, 4.69) is 72.9 Å².